The minimum absolute atomic E-state index is 0.0917. The molecule has 1 fully saturated rings. The molecule has 3 aromatic rings. The number of nitrogens with one attached hydrogen (secondary N) is 1. The lowest BCUT2D eigenvalue weighted by molar-refractivity contribution is -0.0207. The van der Waals surface area contributed by atoms with Crippen LogP contribution in [0.15, 0.2) is 30.6 Å². The van der Waals surface area contributed by atoms with Crippen molar-refractivity contribution in [3.63, 3.8) is 0 Å². The predicted octanol–water partition coefficient (Wildman–Crippen LogP) is 5.19. The van der Waals surface area contributed by atoms with E-state index >= 15 is 0 Å². The number of rotatable bonds is 10. The molecule has 194 valence electrons. The number of ether oxygens (including phenoxy) is 4. The molecule has 36 heavy (non-hydrogen) atoms. The molecular formula is C24H31ClN6O4S. The van der Waals surface area contributed by atoms with Gasteiger partial charge >= 0.3 is 0 Å². The number of halogens is 1. The van der Waals surface area contributed by atoms with Gasteiger partial charge < -0.3 is 18.9 Å². The molecule has 0 bridgehead atoms. The van der Waals surface area contributed by atoms with E-state index in [1.807, 2.05) is 29.7 Å². The van der Waals surface area contributed by atoms with E-state index in [0.717, 1.165) is 12.8 Å². The molecular weight excluding hydrogens is 504 g/mol. The van der Waals surface area contributed by atoms with Gasteiger partial charge in [0.1, 0.15) is 29.4 Å². The van der Waals surface area contributed by atoms with Gasteiger partial charge in [0, 0.05) is 19.5 Å². The van der Waals surface area contributed by atoms with E-state index in [-0.39, 0.29) is 23.1 Å². The van der Waals surface area contributed by atoms with Crippen molar-refractivity contribution in [2.45, 2.75) is 56.7 Å². The van der Waals surface area contributed by atoms with Gasteiger partial charge in [0.05, 0.1) is 30.1 Å². The van der Waals surface area contributed by atoms with Gasteiger partial charge in [-0.15, -0.1) is 10.2 Å². The summed E-state index contributed by atoms with van der Waals surface area (Å²) in [5, 5.41) is 9.39. The summed E-state index contributed by atoms with van der Waals surface area (Å²) < 4.78 is 28.7. The SMILES string of the molecule is COc1cccc(OC)c1-n1c(NSC(C)C(OC)c2ncc(Cl)cn2)nnc1C1CCC(C)(C)O1. The first-order valence-corrected chi connectivity index (χ1v) is 12.8. The largest absolute Gasteiger partial charge is 0.494 e. The van der Waals surface area contributed by atoms with Crippen LogP contribution in [-0.2, 0) is 9.47 Å². The van der Waals surface area contributed by atoms with E-state index in [4.69, 9.17) is 30.5 Å². The van der Waals surface area contributed by atoms with Crippen LogP contribution >= 0.6 is 23.5 Å². The zero-order valence-electron chi connectivity index (χ0n) is 21.2. The Morgan fingerprint density at radius 3 is 2.36 bits per heavy atom. The fraction of sp³-hybridized carbons (Fsp3) is 0.500. The van der Waals surface area contributed by atoms with Gasteiger partial charge in [0.2, 0.25) is 5.95 Å². The van der Waals surface area contributed by atoms with Gasteiger partial charge in [0.15, 0.2) is 11.6 Å². The Morgan fingerprint density at radius 2 is 1.81 bits per heavy atom. The maximum atomic E-state index is 6.32. The summed E-state index contributed by atoms with van der Waals surface area (Å²) in [7, 11) is 4.87. The zero-order valence-corrected chi connectivity index (χ0v) is 22.8. The number of hydrogen-bond donors (Lipinski definition) is 1. The lowest BCUT2D eigenvalue weighted by Gasteiger charge is -2.23. The first-order chi connectivity index (χ1) is 17.3. The number of benzene rings is 1. The highest BCUT2D eigenvalue weighted by Gasteiger charge is 2.37. The van der Waals surface area contributed by atoms with E-state index in [0.29, 0.717) is 39.8 Å². The molecule has 10 nitrogen and oxygen atoms in total. The Bertz CT molecular complexity index is 1150. The maximum Gasteiger partial charge on any atom is 0.239 e. The Kier molecular flexibility index (Phi) is 8.23. The highest BCUT2D eigenvalue weighted by Crippen LogP contribution is 2.43. The van der Waals surface area contributed by atoms with Crippen LogP contribution in [0.25, 0.3) is 5.69 Å². The quantitative estimate of drug-likeness (QED) is 0.349. The molecule has 1 aromatic carbocycles. The van der Waals surface area contributed by atoms with Gasteiger partial charge in [0.25, 0.3) is 0 Å². The third-order valence-electron chi connectivity index (χ3n) is 5.98. The van der Waals surface area contributed by atoms with E-state index in [1.165, 1.54) is 11.9 Å². The Morgan fingerprint density at radius 1 is 1.14 bits per heavy atom. The number of methoxy groups -OCH3 is 3. The Balaban J connectivity index is 1.68. The molecule has 0 amide bonds. The van der Waals surface area contributed by atoms with Crippen molar-refractivity contribution < 1.29 is 18.9 Å². The lowest BCUT2D eigenvalue weighted by Crippen LogP contribution is -2.20. The Hall–Kier alpha value is -2.60. The molecule has 4 rings (SSSR count). The smallest absolute Gasteiger partial charge is 0.239 e. The summed E-state index contributed by atoms with van der Waals surface area (Å²) >= 11 is 7.37. The van der Waals surface area contributed by atoms with E-state index in [9.17, 15) is 0 Å². The van der Waals surface area contributed by atoms with Crippen LogP contribution in [0.5, 0.6) is 11.5 Å². The highest BCUT2D eigenvalue weighted by molar-refractivity contribution is 8.01. The van der Waals surface area contributed by atoms with Crippen LogP contribution in [0, 0.1) is 0 Å². The normalized spacial score (nSPS) is 18.6. The minimum Gasteiger partial charge on any atom is -0.494 e. The van der Waals surface area contributed by atoms with E-state index in [1.54, 1.807) is 33.7 Å². The zero-order chi connectivity index (χ0) is 25.9. The molecule has 1 N–H and O–H groups in total. The molecule has 0 radical (unpaired) electrons. The van der Waals surface area contributed by atoms with Crippen molar-refractivity contribution in [2.24, 2.45) is 0 Å². The van der Waals surface area contributed by atoms with Crippen LogP contribution in [-0.4, -0.2) is 56.9 Å². The van der Waals surface area contributed by atoms with Crippen molar-refractivity contribution in [1.82, 2.24) is 24.7 Å². The number of nitrogens with zero attached hydrogens (tertiary/aromatic N) is 5. The van der Waals surface area contributed by atoms with Gasteiger partial charge in [-0.25, -0.2) is 9.97 Å². The van der Waals surface area contributed by atoms with Gasteiger partial charge in [-0.1, -0.05) is 17.7 Å². The first kappa shape index (κ1) is 26.5. The number of aromatic nitrogens is 5. The Labute approximate surface area is 220 Å². The third-order valence-corrected chi connectivity index (χ3v) is 7.10. The van der Waals surface area contributed by atoms with Crippen LogP contribution in [0.4, 0.5) is 5.95 Å². The molecule has 0 aliphatic carbocycles. The van der Waals surface area contributed by atoms with Crippen LogP contribution in [0.1, 0.15) is 57.5 Å². The monoisotopic (exact) mass is 534 g/mol. The lowest BCUT2D eigenvalue weighted by atomic mass is 10.1. The molecule has 1 aliphatic rings. The molecule has 3 heterocycles. The van der Waals surface area contributed by atoms with Crippen LogP contribution in [0.3, 0.4) is 0 Å². The molecule has 1 saturated heterocycles. The number of para-hydroxylation sites is 1. The topological polar surface area (TPSA) is 105 Å². The fourth-order valence-corrected chi connectivity index (χ4v) is 5.07. The molecule has 1 aliphatic heterocycles. The molecule has 2 aromatic heterocycles. The summed E-state index contributed by atoms with van der Waals surface area (Å²) in [5.74, 6) is 2.96. The van der Waals surface area contributed by atoms with Crippen LogP contribution < -0.4 is 14.2 Å². The summed E-state index contributed by atoms with van der Waals surface area (Å²) in [5.41, 5.74) is 0.448. The van der Waals surface area contributed by atoms with Gasteiger partial charge in [-0.05, 0) is 57.7 Å². The summed E-state index contributed by atoms with van der Waals surface area (Å²) in [6, 6.07) is 5.62. The van der Waals surface area contributed by atoms with Crippen molar-refractivity contribution in [3.05, 3.63) is 47.3 Å². The molecule has 12 heteroatoms. The molecule has 0 saturated carbocycles. The number of anilines is 1. The minimum atomic E-state index is -0.379. The third kappa shape index (κ3) is 5.54. The molecule has 0 spiro atoms. The summed E-state index contributed by atoms with van der Waals surface area (Å²) in [4.78, 5) is 8.63. The van der Waals surface area contributed by atoms with E-state index < -0.39 is 0 Å². The van der Waals surface area contributed by atoms with E-state index in [2.05, 4.69) is 38.7 Å². The summed E-state index contributed by atoms with van der Waals surface area (Å²) in [6.45, 7) is 6.17. The highest BCUT2D eigenvalue weighted by atomic mass is 35.5. The predicted molar refractivity (Wildman–Crippen MR) is 139 cm³/mol. The van der Waals surface area contributed by atoms with Crippen molar-refractivity contribution in [2.75, 3.05) is 26.1 Å². The average molecular weight is 535 g/mol. The fourth-order valence-electron chi connectivity index (χ4n) is 4.19. The van der Waals surface area contributed by atoms with Gasteiger partial charge in [-0.2, -0.15) is 0 Å². The van der Waals surface area contributed by atoms with Crippen molar-refractivity contribution in [1.29, 1.82) is 0 Å². The second-order valence-electron chi connectivity index (χ2n) is 8.97. The average Bonchev–Trinajstić information content (AvgIpc) is 3.45. The first-order valence-electron chi connectivity index (χ1n) is 11.5. The van der Waals surface area contributed by atoms with Gasteiger partial charge in [-0.3, -0.25) is 9.29 Å². The standard InChI is InChI=1S/C24H31ClN6O4S/c1-14(20(34-6)21-26-12-15(25)13-27-21)36-30-23-29-28-22(18-10-11-24(2,3)35-18)31(23)19-16(32-4)8-7-9-17(19)33-5/h7-9,12-14,18,20H,10-11H2,1-6H3,(H,29,30). The second-order valence-corrected chi connectivity index (χ2v) is 10.6. The maximum absolute atomic E-state index is 6.32. The molecule has 3 atom stereocenters. The van der Waals surface area contributed by atoms with Crippen LogP contribution in [0.2, 0.25) is 5.02 Å². The number of hydrogen-bond acceptors (Lipinski definition) is 10. The summed E-state index contributed by atoms with van der Waals surface area (Å²) in [6.07, 6.45) is 4.25. The van der Waals surface area contributed by atoms with Crippen molar-refractivity contribution in [3.8, 4) is 17.2 Å². The molecule has 3 unspecified atom stereocenters. The van der Waals surface area contributed by atoms with Crippen molar-refractivity contribution >= 4 is 29.5 Å². The second kappa shape index (κ2) is 11.2.